The van der Waals surface area contributed by atoms with Crippen LogP contribution < -0.4 is 24.3 Å². The van der Waals surface area contributed by atoms with E-state index < -0.39 is 0 Å². The van der Waals surface area contributed by atoms with Crippen molar-refractivity contribution < 1.29 is 28.5 Å². The molecule has 3 heterocycles. The van der Waals surface area contributed by atoms with Crippen LogP contribution in [0.4, 0.5) is 5.69 Å². The van der Waals surface area contributed by atoms with Gasteiger partial charge in [-0.1, -0.05) is 6.07 Å². The molecule has 5 rings (SSSR count). The van der Waals surface area contributed by atoms with Gasteiger partial charge in [0.2, 0.25) is 18.6 Å². The monoisotopic (exact) mass is 524 g/mol. The molecule has 0 spiro atoms. The Hall–Kier alpha value is -3.50. The quantitative estimate of drug-likeness (QED) is 0.563. The van der Waals surface area contributed by atoms with Gasteiger partial charge in [0.25, 0.3) is 0 Å². The molecule has 0 saturated carbocycles. The predicted molar refractivity (Wildman–Crippen MR) is 142 cm³/mol. The Balaban J connectivity index is 1.04. The first-order chi connectivity index (χ1) is 18.5. The minimum Gasteiger partial charge on any atom is -0.497 e. The van der Waals surface area contributed by atoms with E-state index >= 15 is 0 Å². The zero-order chi connectivity index (χ0) is 26.5. The Morgan fingerprint density at radius 3 is 2.39 bits per heavy atom. The number of fused-ring (bicyclic) bond motifs is 1. The Kier molecular flexibility index (Phi) is 8.19. The standard InChI is InChI=1S/C28H36N4O6/c1-35-22-4-5-23(25(16-22)36-2)29-27(33)18-30-9-7-21(8-10-30)28(34)32-13-11-31(12-14-32)17-20-3-6-24-26(15-20)38-19-37-24/h3-6,15-16,21H,7-14,17-19H2,1-2H3,(H,29,33). The number of likely N-dealkylation sites (tertiary alicyclic amines) is 1. The maximum Gasteiger partial charge on any atom is 0.238 e. The number of benzene rings is 2. The Labute approximate surface area is 223 Å². The van der Waals surface area contributed by atoms with E-state index in [1.54, 1.807) is 32.4 Å². The summed E-state index contributed by atoms with van der Waals surface area (Å²) in [6, 6.07) is 11.4. The number of nitrogens with zero attached hydrogens (tertiary/aromatic N) is 3. The topological polar surface area (TPSA) is 92.8 Å². The molecule has 10 heteroatoms. The fraction of sp³-hybridized carbons (Fsp3) is 0.500. The van der Waals surface area contributed by atoms with Gasteiger partial charge in [-0.25, -0.2) is 0 Å². The Bertz CT molecular complexity index is 1140. The molecule has 0 aliphatic carbocycles. The lowest BCUT2D eigenvalue weighted by Crippen LogP contribution is -2.51. The average molecular weight is 525 g/mol. The van der Waals surface area contributed by atoms with E-state index in [-0.39, 0.29) is 31.1 Å². The molecule has 2 aromatic carbocycles. The number of hydrogen-bond donors (Lipinski definition) is 1. The van der Waals surface area contributed by atoms with Crippen molar-refractivity contribution >= 4 is 17.5 Å². The normalized spacial score (nSPS) is 18.3. The first-order valence-electron chi connectivity index (χ1n) is 13.2. The number of amides is 2. The van der Waals surface area contributed by atoms with E-state index in [9.17, 15) is 9.59 Å². The highest BCUT2D eigenvalue weighted by Crippen LogP contribution is 2.33. The minimum absolute atomic E-state index is 0.0244. The fourth-order valence-corrected chi connectivity index (χ4v) is 5.31. The molecule has 3 aliphatic heterocycles. The summed E-state index contributed by atoms with van der Waals surface area (Å²) >= 11 is 0. The molecular weight excluding hydrogens is 488 g/mol. The van der Waals surface area contributed by atoms with Crippen molar-refractivity contribution in [1.29, 1.82) is 0 Å². The van der Waals surface area contributed by atoms with Gasteiger partial charge in [-0.05, 0) is 55.8 Å². The molecule has 2 aromatic rings. The van der Waals surface area contributed by atoms with Crippen molar-refractivity contribution in [2.75, 3.05) is 72.1 Å². The summed E-state index contributed by atoms with van der Waals surface area (Å²) in [5.74, 6) is 3.00. The molecule has 0 radical (unpaired) electrons. The zero-order valence-electron chi connectivity index (χ0n) is 22.1. The molecule has 204 valence electrons. The van der Waals surface area contributed by atoms with E-state index in [2.05, 4.69) is 21.2 Å². The summed E-state index contributed by atoms with van der Waals surface area (Å²) in [5, 5.41) is 2.93. The van der Waals surface area contributed by atoms with E-state index in [0.717, 1.165) is 70.2 Å². The van der Waals surface area contributed by atoms with Gasteiger partial charge in [-0.15, -0.1) is 0 Å². The number of anilines is 1. The SMILES string of the molecule is COc1ccc(NC(=O)CN2CCC(C(=O)N3CCN(Cc4ccc5c(c4)OCO5)CC3)CC2)c(OC)c1. The lowest BCUT2D eigenvalue weighted by Gasteiger charge is -2.38. The second-order valence-corrected chi connectivity index (χ2v) is 9.95. The van der Waals surface area contributed by atoms with Crippen molar-refractivity contribution in [3.05, 3.63) is 42.0 Å². The van der Waals surface area contributed by atoms with Crippen LogP contribution in [0.2, 0.25) is 0 Å². The third kappa shape index (κ3) is 6.14. The highest BCUT2D eigenvalue weighted by molar-refractivity contribution is 5.93. The van der Waals surface area contributed by atoms with Gasteiger partial charge in [0, 0.05) is 44.7 Å². The van der Waals surface area contributed by atoms with Gasteiger partial charge in [0.15, 0.2) is 11.5 Å². The summed E-state index contributed by atoms with van der Waals surface area (Å²) in [6.45, 7) is 6.06. The molecule has 0 bridgehead atoms. The molecule has 2 fully saturated rings. The number of methoxy groups -OCH3 is 2. The third-order valence-corrected chi connectivity index (χ3v) is 7.51. The Morgan fingerprint density at radius 2 is 1.66 bits per heavy atom. The number of piperazine rings is 1. The Morgan fingerprint density at radius 1 is 0.895 bits per heavy atom. The molecule has 0 unspecified atom stereocenters. The lowest BCUT2D eigenvalue weighted by molar-refractivity contribution is -0.139. The van der Waals surface area contributed by atoms with Crippen LogP contribution in [0.1, 0.15) is 18.4 Å². The maximum absolute atomic E-state index is 13.2. The van der Waals surface area contributed by atoms with Gasteiger partial charge in [0.05, 0.1) is 26.5 Å². The maximum atomic E-state index is 13.2. The highest BCUT2D eigenvalue weighted by Gasteiger charge is 2.31. The van der Waals surface area contributed by atoms with E-state index in [1.165, 1.54) is 5.56 Å². The number of nitrogens with one attached hydrogen (secondary N) is 1. The van der Waals surface area contributed by atoms with Crippen LogP contribution in [-0.4, -0.2) is 93.3 Å². The largest absolute Gasteiger partial charge is 0.497 e. The average Bonchev–Trinajstić information content (AvgIpc) is 3.42. The number of ether oxygens (including phenoxy) is 4. The van der Waals surface area contributed by atoms with Gasteiger partial charge in [-0.2, -0.15) is 0 Å². The number of piperidine rings is 1. The van der Waals surface area contributed by atoms with Crippen LogP contribution in [-0.2, 0) is 16.1 Å². The summed E-state index contributed by atoms with van der Waals surface area (Å²) in [4.78, 5) is 32.3. The molecule has 2 saturated heterocycles. The minimum atomic E-state index is -0.100. The first kappa shape index (κ1) is 26.1. The van der Waals surface area contributed by atoms with Gasteiger partial charge >= 0.3 is 0 Å². The van der Waals surface area contributed by atoms with Crippen molar-refractivity contribution in [1.82, 2.24) is 14.7 Å². The lowest BCUT2D eigenvalue weighted by atomic mass is 9.95. The van der Waals surface area contributed by atoms with Crippen molar-refractivity contribution in [3.8, 4) is 23.0 Å². The van der Waals surface area contributed by atoms with Crippen LogP contribution >= 0.6 is 0 Å². The highest BCUT2D eigenvalue weighted by atomic mass is 16.7. The second-order valence-electron chi connectivity index (χ2n) is 9.95. The molecule has 10 nitrogen and oxygen atoms in total. The molecule has 38 heavy (non-hydrogen) atoms. The van der Waals surface area contributed by atoms with Gasteiger partial charge in [-0.3, -0.25) is 19.4 Å². The molecular formula is C28H36N4O6. The zero-order valence-corrected chi connectivity index (χ0v) is 22.1. The summed E-state index contributed by atoms with van der Waals surface area (Å²) < 4.78 is 21.5. The third-order valence-electron chi connectivity index (χ3n) is 7.51. The number of rotatable bonds is 8. The smallest absolute Gasteiger partial charge is 0.238 e. The van der Waals surface area contributed by atoms with Crippen LogP contribution in [0, 0.1) is 5.92 Å². The summed E-state index contributed by atoms with van der Waals surface area (Å²) in [5.41, 5.74) is 1.80. The van der Waals surface area contributed by atoms with E-state index in [0.29, 0.717) is 17.2 Å². The molecule has 1 N–H and O–H groups in total. The van der Waals surface area contributed by atoms with Crippen LogP contribution in [0.15, 0.2) is 36.4 Å². The van der Waals surface area contributed by atoms with Crippen molar-refractivity contribution in [2.24, 2.45) is 5.92 Å². The van der Waals surface area contributed by atoms with Crippen LogP contribution in [0.3, 0.4) is 0 Å². The van der Waals surface area contributed by atoms with Crippen LogP contribution in [0.25, 0.3) is 0 Å². The van der Waals surface area contributed by atoms with Crippen LogP contribution in [0.5, 0.6) is 23.0 Å². The van der Waals surface area contributed by atoms with Gasteiger partial charge < -0.3 is 29.2 Å². The summed E-state index contributed by atoms with van der Waals surface area (Å²) in [7, 11) is 3.15. The fourth-order valence-electron chi connectivity index (χ4n) is 5.31. The van der Waals surface area contributed by atoms with E-state index in [1.807, 2.05) is 17.0 Å². The predicted octanol–water partition coefficient (Wildman–Crippen LogP) is 2.43. The summed E-state index contributed by atoms with van der Waals surface area (Å²) in [6.07, 6.45) is 1.55. The number of carbonyl (C=O) groups is 2. The van der Waals surface area contributed by atoms with Crippen molar-refractivity contribution in [3.63, 3.8) is 0 Å². The number of carbonyl (C=O) groups excluding carboxylic acids is 2. The first-order valence-corrected chi connectivity index (χ1v) is 13.2. The van der Waals surface area contributed by atoms with Crippen molar-refractivity contribution in [2.45, 2.75) is 19.4 Å². The molecule has 2 amide bonds. The van der Waals surface area contributed by atoms with Gasteiger partial charge in [0.1, 0.15) is 11.5 Å². The van der Waals surface area contributed by atoms with E-state index in [4.69, 9.17) is 18.9 Å². The molecule has 3 aliphatic rings. The number of hydrogen-bond acceptors (Lipinski definition) is 8. The molecule has 0 aromatic heterocycles. The second kappa shape index (κ2) is 11.9. The molecule has 0 atom stereocenters.